The van der Waals surface area contributed by atoms with Gasteiger partial charge in [-0.15, -0.1) is 0 Å². The molecule has 0 amide bonds. The van der Waals surface area contributed by atoms with Crippen LogP contribution in [0.1, 0.15) is 59.3 Å². The van der Waals surface area contributed by atoms with E-state index in [0.29, 0.717) is 0 Å². The van der Waals surface area contributed by atoms with Crippen LogP contribution in [0.3, 0.4) is 0 Å². The smallest absolute Gasteiger partial charge is 0.0175 e. The van der Waals surface area contributed by atoms with E-state index in [2.05, 4.69) is 27.4 Å². The Morgan fingerprint density at radius 2 is 2.00 bits per heavy atom. The zero-order chi connectivity index (χ0) is 10.6. The standard InChI is InChI=1S/C14H26/c1-5-8-13-12(4)9-7-10-14(13)11(3)6-2/h12-14H,3,5-10H2,1-2,4H3. The summed E-state index contributed by atoms with van der Waals surface area (Å²) >= 11 is 0. The van der Waals surface area contributed by atoms with E-state index in [1.807, 2.05) is 0 Å². The Bertz CT molecular complexity index is 180. The Hall–Kier alpha value is -0.260. The normalized spacial score (nSPS) is 32.9. The van der Waals surface area contributed by atoms with Crippen molar-refractivity contribution < 1.29 is 0 Å². The molecule has 0 bridgehead atoms. The maximum atomic E-state index is 4.26. The van der Waals surface area contributed by atoms with E-state index in [1.165, 1.54) is 44.1 Å². The van der Waals surface area contributed by atoms with Crippen LogP contribution in [0.15, 0.2) is 12.2 Å². The monoisotopic (exact) mass is 194 g/mol. The third kappa shape index (κ3) is 2.62. The number of rotatable bonds is 4. The van der Waals surface area contributed by atoms with Gasteiger partial charge in [0.15, 0.2) is 0 Å². The molecule has 1 fully saturated rings. The van der Waals surface area contributed by atoms with Crippen LogP contribution in [0.2, 0.25) is 0 Å². The minimum Gasteiger partial charge on any atom is -0.0996 e. The van der Waals surface area contributed by atoms with Crippen LogP contribution in [0.25, 0.3) is 0 Å². The van der Waals surface area contributed by atoms with Crippen molar-refractivity contribution in [2.24, 2.45) is 17.8 Å². The zero-order valence-electron chi connectivity index (χ0n) is 10.2. The van der Waals surface area contributed by atoms with Crippen LogP contribution in [0, 0.1) is 17.8 Å². The Morgan fingerprint density at radius 3 is 2.57 bits per heavy atom. The summed E-state index contributed by atoms with van der Waals surface area (Å²) in [6.07, 6.45) is 8.19. The zero-order valence-corrected chi connectivity index (χ0v) is 10.2. The lowest BCUT2D eigenvalue weighted by molar-refractivity contribution is 0.176. The summed E-state index contributed by atoms with van der Waals surface area (Å²) in [5, 5.41) is 0. The maximum Gasteiger partial charge on any atom is -0.0175 e. The second-order valence-electron chi connectivity index (χ2n) is 4.98. The molecule has 0 aliphatic heterocycles. The van der Waals surface area contributed by atoms with Gasteiger partial charge in [0, 0.05) is 0 Å². The average Bonchev–Trinajstić information content (AvgIpc) is 2.20. The van der Waals surface area contributed by atoms with Crippen LogP contribution in [0.5, 0.6) is 0 Å². The molecular formula is C14H26. The Morgan fingerprint density at radius 1 is 1.29 bits per heavy atom. The Kier molecular flexibility index (Phi) is 4.71. The third-order valence-electron chi connectivity index (χ3n) is 4.02. The molecule has 1 aliphatic carbocycles. The molecular weight excluding hydrogens is 168 g/mol. The Labute approximate surface area is 89.8 Å². The van der Waals surface area contributed by atoms with E-state index in [9.17, 15) is 0 Å². The quantitative estimate of drug-likeness (QED) is 0.564. The summed E-state index contributed by atoms with van der Waals surface area (Å²) in [6.45, 7) is 11.3. The SMILES string of the molecule is C=C(CC)C1CCCC(C)C1CCC. The molecule has 1 saturated carbocycles. The molecule has 0 radical (unpaired) electrons. The average molecular weight is 194 g/mol. The molecule has 14 heavy (non-hydrogen) atoms. The van der Waals surface area contributed by atoms with Gasteiger partial charge in [-0.25, -0.2) is 0 Å². The van der Waals surface area contributed by atoms with Gasteiger partial charge in [0.05, 0.1) is 0 Å². The first-order valence-corrected chi connectivity index (χ1v) is 6.38. The van der Waals surface area contributed by atoms with Crippen molar-refractivity contribution >= 4 is 0 Å². The van der Waals surface area contributed by atoms with Crippen LogP contribution in [-0.4, -0.2) is 0 Å². The van der Waals surface area contributed by atoms with Crippen LogP contribution in [-0.2, 0) is 0 Å². The molecule has 3 unspecified atom stereocenters. The molecule has 0 aromatic carbocycles. The third-order valence-corrected chi connectivity index (χ3v) is 4.02. The lowest BCUT2D eigenvalue weighted by Crippen LogP contribution is -2.27. The fraction of sp³-hybridized carbons (Fsp3) is 0.857. The summed E-state index contributed by atoms with van der Waals surface area (Å²) < 4.78 is 0. The van der Waals surface area contributed by atoms with Gasteiger partial charge >= 0.3 is 0 Å². The van der Waals surface area contributed by atoms with E-state index in [0.717, 1.165) is 17.8 Å². The molecule has 0 aromatic rings. The predicted octanol–water partition coefficient (Wildman–Crippen LogP) is 4.81. The predicted molar refractivity (Wildman–Crippen MR) is 64.3 cm³/mol. The molecule has 82 valence electrons. The summed E-state index contributed by atoms with van der Waals surface area (Å²) in [7, 11) is 0. The summed E-state index contributed by atoms with van der Waals surface area (Å²) in [5.74, 6) is 2.70. The fourth-order valence-corrected chi connectivity index (χ4v) is 3.07. The van der Waals surface area contributed by atoms with Crippen LogP contribution >= 0.6 is 0 Å². The molecule has 0 saturated heterocycles. The topological polar surface area (TPSA) is 0 Å². The molecule has 0 spiro atoms. The minimum absolute atomic E-state index is 0.837. The minimum atomic E-state index is 0.837. The van der Waals surface area contributed by atoms with Crippen molar-refractivity contribution in [2.45, 2.75) is 59.3 Å². The van der Waals surface area contributed by atoms with Gasteiger partial charge in [0.25, 0.3) is 0 Å². The highest BCUT2D eigenvalue weighted by Gasteiger charge is 2.30. The number of hydrogen-bond acceptors (Lipinski definition) is 0. The van der Waals surface area contributed by atoms with E-state index in [4.69, 9.17) is 0 Å². The molecule has 0 heteroatoms. The van der Waals surface area contributed by atoms with Crippen LogP contribution < -0.4 is 0 Å². The van der Waals surface area contributed by atoms with Crippen molar-refractivity contribution in [1.82, 2.24) is 0 Å². The summed E-state index contributed by atoms with van der Waals surface area (Å²) in [6, 6.07) is 0. The van der Waals surface area contributed by atoms with Gasteiger partial charge in [0.2, 0.25) is 0 Å². The molecule has 1 rings (SSSR count). The fourth-order valence-electron chi connectivity index (χ4n) is 3.07. The number of allylic oxidation sites excluding steroid dienone is 1. The van der Waals surface area contributed by atoms with Crippen LogP contribution in [0.4, 0.5) is 0 Å². The number of hydrogen-bond donors (Lipinski definition) is 0. The van der Waals surface area contributed by atoms with Gasteiger partial charge < -0.3 is 0 Å². The van der Waals surface area contributed by atoms with E-state index >= 15 is 0 Å². The second kappa shape index (κ2) is 5.58. The molecule has 0 heterocycles. The second-order valence-corrected chi connectivity index (χ2v) is 4.98. The highest BCUT2D eigenvalue weighted by Crippen LogP contribution is 2.41. The maximum absolute atomic E-state index is 4.26. The van der Waals surface area contributed by atoms with Crippen molar-refractivity contribution in [3.63, 3.8) is 0 Å². The van der Waals surface area contributed by atoms with Gasteiger partial charge in [-0.3, -0.25) is 0 Å². The first-order chi connectivity index (χ1) is 6.70. The lowest BCUT2D eigenvalue weighted by Gasteiger charge is -2.37. The highest BCUT2D eigenvalue weighted by molar-refractivity contribution is 5.04. The Balaban J connectivity index is 2.64. The largest absolute Gasteiger partial charge is 0.0996 e. The van der Waals surface area contributed by atoms with E-state index in [1.54, 1.807) is 0 Å². The molecule has 1 aliphatic rings. The molecule has 0 nitrogen and oxygen atoms in total. The van der Waals surface area contributed by atoms with Gasteiger partial charge in [0.1, 0.15) is 0 Å². The van der Waals surface area contributed by atoms with Crippen molar-refractivity contribution in [3.8, 4) is 0 Å². The first-order valence-electron chi connectivity index (χ1n) is 6.38. The van der Waals surface area contributed by atoms with Gasteiger partial charge in [-0.05, 0) is 37.0 Å². The van der Waals surface area contributed by atoms with Crippen molar-refractivity contribution in [2.75, 3.05) is 0 Å². The summed E-state index contributed by atoms with van der Waals surface area (Å²) in [5.41, 5.74) is 1.51. The van der Waals surface area contributed by atoms with Gasteiger partial charge in [-0.2, -0.15) is 0 Å². The highest BCUT2D eigenvalue weighted by atomic mass is 14.4. The van der Waals surface area contributed by atoms with E-state index in [-0.39, 0.29) is 0 Å². The molecule has 0 N–H and O–H groups in total. The molecule has 0 aromatic heterocycles. The first kappa shape index (κ1) is 11.8. The lowest BCUT2D eigenvalue weighted by atomic mass is 9.68. The molecule has 3 atom stereocenters. The van der Waals surface area contributed by atoms with Crippen molar-refractivity contribution in [1.29, 1.82) is 0 Å². The van der Waals surface area contributed by atoms with Crippen molar-refractivity contribution in [3.05, 3.63) is 12.2 Å². The summed E-state index contributed by atoms with van der Waals surface area (Å²) in [4.78, 5) is 0. The van der Waals surface area contributed by atoms with Gasteiger partial charge in [-0.1, -0.05) is 52.2 Å². The van der Waals surface area contributed by atoms with E-state index < -0.39 is 0 Å².